The number of rotatable bonds is 12. The first kappa shape index (κ1) is 28.0. The number of fused-ring (bicyclic) bond motifs is 1. The van der Waals surface area contributed by atoms with Gasteiger partial charge in [0, 0.05) is 31.9 Å². The van der Waals surface area contributed by atoms with Crippen molar-refractivity contribution in [3.63, 3.8) is 0 Å². The van der Waals surface area contributed by atoms with Crippen LogP contribution in [-0.4, -0.2) is 55.3 Å². The molecular formula is C32H38N2O5. The average Bonchev–Trinajstić information content (AvgIpc) is 3.35. The Kier molecular flexibility index (Phi) is 9.47. The number of benzene rings is 3. The number of ether oxygens (including phenoxy) is 3. The van der Waals surface area contributed by atoms with E-state index in [4.69, 9.17) is 14.2 Å². The van der Waals surface area contributed by atoms with Gasteiger partial charge in [-0.3, -0.25) is 0 Å². The smallest absolute Gasteiger partial charge is 0.410 e. The summed E-state index contributed by atoms with van der Waals surface area (Å²) in [5.41, 5.74) is 3.36. The third-order valence-electron chi connectivity index (χ3n) is 6.80. The Morgan fingerprint density at radius 1 is 0.897 bits per heavy atom. The fourth-order valence-corrected chi connectivity index (χ4v) is 4.64. The Balaban J connectivity index is 1.38. The van der Waals surface area contributed by atoms with Crippen molar-refractivity contribution in [2.45, 2.75) is 45.8 Å². The van der Waals surface area contributed by atoms with E-state index in [1.807, 2.05) is 66.7 Å². The number of hydrogen-bond donors (Lipinski definition) is 0. The van der Waals surface area contributed by atoms with Crippen LogP contribution in [0.15, 0.2) is 78.9 Å². The van der Waals surface area contributed by atoms with Crippen LogP contribution < -0.4 is 9.64 Å². The maximum atomic E-state index is 13.1. The summed E-state index contributed by atoms with van der Waals surface area (Å²) >= 11 is 0. The van der Waals surface area contributed by atoms with E-state index in [0.717, 1.165) is 36.2 Å². The largest absolute Gasteiger partial charge is 0.476 e. The molecule has 4 rings (SSSR count). The highest BCUT2D eigenvalue weighted by Crippen LogP contribution is 2.32. The standard InChI is InChI=1S/C32H38N2O5/c1-4-37-30(35)32(2,3)39-28-15-16-29-27(23-28)18-20-33(29)21-22-34(19-17-25-11-7-5-8-12-25)31(36)38-24-26-13-9-6-10-14-26/h5-16,23H,4,17-22,24H2,1-3H3. The summed E-state index contributed by atoms with van der Waals surface area (Å²) < 4.78 is 16.8. The van der Waals surface area contributed by atoms with E-state index in [0.29, 0.717) is 32.0 Å². The van der Waals surface area contributed by atoms with Gasteiger partial charge >= 0.3 is 12.1 Å². The number of carbonyl (C=O) groups excluding carboxylic acids is 2. The van der Waals surface area contributed by atoms with Crippen molar-refractivity contribution in [2.24, 2.45) is 0 Å². The van der Waals surface area contributed by atoms with Crippen LogP contribution in [-0.2, 0) is 33.7 Å². The Bertz CT molecular complexity index is 1230. The van der Waals surface area contributed by atoms with Gasteiger partial charge in [0.25, 0.3) is 0 Å². The highest BCUT2D eigenvalue weighted by molar-refractivity contribution is 5.79. The van der Waals surface area contributed by atoms with Crippen molar-refractivity contribution in [3.05, 3.63) is 95.6 Å². The summed E-state index contributed by atoms with van der Waals surface area (Å²) in [6, 6.07) is 25.8. The molecule has 0 fully saturated rings. The number of hydrogen-bond acceptors (Lipinski definition) is 6. The lowest BCUT2D eigenvalue weighted by Gasteiger charge is -2.27. The Hall–Kier alpha value is -4.00. The van der Waals surface area contributed by atoms with Crippen LogP contribution in [0.2, 0.25) is 0 Å². The summed E-state index contributed by atoms with van der Waals surface area (Å²) in [5.74, 6) is 0.254. The molecule has 0 atom stereocenters. The normalized spacial score (nSPS) is 12.5. The molecule has 0 N–H and O–H groups in total. The molecular weight excluding hydrogens is 492 g/mol. The lowest BCUT2D eigenvalue weighted by atomic mass is 10.1. The first-order valence-corrected chi connectivity index (χ1v) is 13.6. The summed E-state index contributed by atoms with van der Waals surface area (Å²) in [7, 11) is 0. The number of nitrogens with zero attached hydrogens (tertiary/aromatic N) is 2. The number of esters is 1. The van der Waals surface area contributed by atoms with Gasteiger partial charge in [-0.2, -0.15) is 0 Å². The molecule has 1 heterocycles. The SMILES string of the molecule is CCOC(=O)C(C)(C)Oc1ccc2c(c1)CCN2CCN(CCc1ccccc1)C(=O)OCc1ccccc1. The molecule has 0 saturated carbocycles. The molecule has 39 heavy (non-hydrogen) atoms. The quantitative estimate of drug-likeness (QED) is 0.282. The van der Waals surface area contributed by atoms with Gasteiger partial charge in [-0.1, -0.05) is 60.7 Å². The molecule has 0 saturated heterocycles. The van der Waals surface area contributed by atoms with Crippen LogP contribution in [0, 0.1) is 0 Å². The maximum absolute atomic E-state index is 13.1. The van der Waals surface area contributed by atoms with Gasteiger partial charge in [0.05, 0.1) is 6.61 Å². The van der Waals surface area contributed by atoms with Gasteiger partial charge in [-0.05, 0) is 68.5 Å². The predicted molar refractivity (Wildman–Crippen MR) is 152 cm³/mol. The van der Waals surface area contributed by atoms with E-state index in [9.17, 15) is 9.59 Å². The van der Waals surface area contributed by atoms with Crippen molar-refractivity contribution >= 4 is 17.7 Å². The third kappa shape index (κ3) is 7.76. The van der Waals surface area contributed by atoms with Crippen molar-refractivity contribution in [1.29, 1.82) is 0 Å². The first-order chi connectivity index (χ1) is 18.9. The molecule has 0 aliphatic carbocycles. The molecule has 0 bridgehead atoms. The van der Waals surface area contributed by atoms with Crippen molar-refractivity contribution in [3.8, 4) is 5.75 Å². The van der Waals surface area contributed by atoms with Crippen molar-refractivity contribution in [1.82, 2.24) is 4.90 Å². The van der Waals surface area contributed by atoms with Gasteiger partial charge in [0.2, 0.25) is 0 Å². The minimum Gasteiger partial charge on any atom is -0.476 e. The fourth-order valence-electron chi connectivity index (χ4n) is 4.64. The van der Waals surface area contributed by atoms with E-state index in [1.54, 1.807) is 25.7 Å². The summed E-state index contributed by atoms with van der Waals surface area (Å²) in [5, 5.41) is 0. The monoisotopic (exact) mass is 530 g/mol. The molecule has 206 valence electrons. The molecule has 7 nitrogen and oxygen atoms in total. The molecule has 1 aliphatic rings. The minimum atomic E-state index is -1.07. The maximum Gasteiger partial charge on any atom is 0.410 e. The van der Waals surface area contributed by atoms with Crippen molar-refractivity contribution < 1.29 is 23.8 Å². The Morgan fingerprint density at radius 3 is 2.28 bits per heavy atom. The zero-order valence-corrected chi connectivity index (χ0v) is 23.1. The summed E-state index contributed by atoms with van der Waals surface area (Å²) in [6.07, 6.45) is 1.32. The molecule has 0 radical (unpaired) electrons. The number of anilines is 1. The summed E-state index contributed by atoms with van der Waals surface area (Å²) in [6.45, 7) is 8.44. The molecule has 1 amide bonds. The second-order valence-corrected chi connectivity index (χ2v) is 10.1. The van der Waals surface area contributed by atoms with Gasteiger partial charge in [0.1, 0.15) is 12.4 Å². The lowest BCUT2D eigenvalue weighted by Crippen LogP contribution is -2.40. The molecule has 3 aromatic rings. The molecule has 7 heteroatoms. The van der Waals surface area contributed by atoms with Crippen LogP contribution in [0.3, 0.4) is 0 Å². The van der Waals surface area contributed by atoms with E-state index in [1.165, 1.54) is 5.56 Å². The number of amides is 1. The highest BCUT2D eigenvalue weighted by Gasteiger charge is 2.32. The second-order valence-electron chi connectivity index (χ2n) is 10.1. The third-order valence-corrected chi connectivity index (χ3v) is 6.80. The summed E-state index contributed by atoms with van der Waals surface area (Å²) in [4.78, 5) is 29.4. The second kappa shape index (κ2) is 13.2. The van der Waals surface area contributed by atoms with Crippen LogP contribution in [0.25, 0.3) is 0 Å². The van der Waals surface area contributed by atoms with E-state index in [2.05, 4.69) is 17.0 Å². The predicted octanol–water partition coefficient (Wildman–Crippen LogP) is 5.65. The van der Waals surface area contributed by atoms with Gasteiger partial charge in [-0.25, -0.2) is 9.59 Å². The van der Waals surface area contributed by atoms with Crippen LogP contribution in [0.1, 0.15) is 37.5 Å². The van der Waals surface area contributed by atoms with Crippen LogP contribution in [0.4, 0.5) is 10.5 Å². The molecule has 3 aromatic carbocycles. The topological polar surface area (TPSA) is 68.3 Å². The highest BCUT2D eigenvalue weighted by atomic mass is 16.6. The van der Waals surface area contributed by atoms with Gasteiger partial charge in [0.15, 0.2) is 5.60 Å². The van der Waals surface area contributed by atoms with E-state index in [-0.39, 0.29) is 18.7 Å². The number of carbonyl (C=O) groups is 2. The zero-order valence-electron chi connectivity index (χ0n) is 23.1. The Labute approximate surface area is 231 Å². The van der Waals surface area contributed by atoms with E-state index < -0.39 is 5.60 Å². The molecule has 0 unspecified atom stereocenters. The zero-order chi connectivity index (χ0) is 27.7. The molecule has 0 spiro atoms. The Morgan fingerprint density at radius 2 is 1.59 bits per heavy atom. The minimum absolute atomic E-state index is 0.249. The first-order valence-electron chi connectivity index (χ1n) is 13.6. The van der Waals surface area contributed by atoms with Gasteiger partial charge < -0.3 is 24.0 Å². The molecule has 1 aliphatic heterocycles. The van der Waals surface area contributed by atoms with Crippen LogP contribution >= 0.6 is 0 Å². The fraction of sp³-hybridized carbons (Fsp3) is 0.375. The lowest BCUT2D eigenvalue weighted by molar-refractivity contribution is -0.158. The van der Waals surface area contributed by atoms with Crippen LogP contribution in [0.5, 0.6) is 5.75 Å². The van der Waals surface area contributed by atoms with Gasteiger partial charge in [-0.15, -0.1) is 0 Å². The van der Waals surface area contributed by atoms with E-state index >= 15 is 0 Å². The molecule has 0 aromatic heterocycles. The van der Waals surface area contributed by atoms with Crippen molar-refractivity contribution in [2.75, 3.05) is 37.7 Å². The average molecular weight is 531 g/mol.